The van der Waals surface area contributed by atoms with E-state index in [0.717, 1.165) is 12.2 Å². The summed E-state index contributed by atoms with van der Waals surface area (Å²) in [5.74, 6) is 0.559. The van der Waals surface area contributed by atoms with Crippen LogP contribution in [0.4, 0.5) is 0 Å². The Bertz CT molecular complexity index is 325. The number of hydrogen-bond acceptors (Lipinski definition) is 4. The molecule has 4 heteroatoms. The smallest absolute Gasteiger partial charge is 0.0857 e. The van der Waals surface area contributed by atoms with Gasteiger partial charge in [0, 0.05) is 11.5 Å². The van der Waals surface area contributed by atoms with Gasteiger partial charge in [-0.3, -0.25) is 0 Å². The summed E-state index contributed by atoms with van der Waals surface area (Å²) < 4.78 is 4.13. The fraction of sp³-hybridized carbons (Fsp3) is 0.833. The molecule has 0 saturated heterocycles. The molecule has 1 heterocycles. The Hall–Kier alpha value is -0.480. The lowest BCUT2D eigenvalue weighted by molar-refractivity contribution is 0.416. The molecule has 1 aromatic rings. The molecule has 0 radical (unpaired) electrons. The highest BCUT2D eigenvalue weighted by Gasteiger charge is 2.28. The highest BCUT2D eigenvalue weighted by Crippen LogP contribution is 2.33. The molecule has 0 saturated carbocycles. The first-order chi connectivity index (χ1) is 7.38. The minimum atomic E-state index is 0.0743. The summed E-state index contributed by atoms with van der Waals surface area (Å²) in [6, 6.07) is 0.374. The van der Waals surface area contributed by atoms with Crippen molar-refractivity contribution in [1.82, 2.24) is 14.9 Å². The molecule has 0 amide bonds. The molecule has 0 bridgehead atoms. The molecule has 1 aromatic heterocycles. The molecule has 3 nitrogen and oxygen atoms in total. The molecule has 1 rings (SSSR count). The highest BCUT2D eigenvalue weighted by molar-refractivity contribution is 7.05. The van der Waals surface area contributed by atoms with Crippen LogP contribution >= 0.6 is 11.5 Å². The van der Waals surface area contributed by atoms with Crippen LogP contribution in [-0.4, -0.2) is 16.1 Å². The molecule has 1 N–H and O–H groups in total. The predicted octanol–water partition coefficient (Wildman–Crippen LogP) is 3.14. The van der Waals surface area contributed by atoms with Crippen molar-refractivity contribution in [3.63, 3.8) is 0 Å². The third-order valence-electron chi connectivity index (χ3n) is 2.60. The van der Waals surface area contributed by atoms with Crippen molar-refractivity contribution in [3.8, 4) is 0 Å². The van der Waals surface area contributed by atoms with E-state index in [0.29, 0.717) is 12.0 Å². The van der Waals surface area contributed by atoms with Gasteiger partial charge in [0.15, 0.2) is 0 Å². The molecule has 92 valence electrons. The van der Waals surface area contributed by atoms with E-state index in [1.165, 1.54) is 16.4 Å². The van der Waals surface area contributed by atoms with Crippen LogP contribution in [0.15, 0.2) is 0 Å². The second-order valence-corrected chi connectivity index (χ2v) is 6.30. The van der Waals surface area contributed by atoms with Crippen molar-refractivity contribution in [2.24, 2.45) is 5.92 Å². The first-order valence-corrected chi connectivity index (χ1v) is 6.71. The van der Waals surface area contributed by atoms with Crippen molar-refractivity contribution in [2.45, 2.75) is 53.0 Å². The Morgan fingerprint density at radius 2 is 1.94 bits per heavy atom. The van der Waals surface area contributed by atoms with E-state index in [9.17, 15) is 0 Å². The van der Waals surface area contributed by atoms with Gasteiger partial charge in [0.05, 0.1) is 10.6 Å². The minimum absolute atomic E-state index is 0.0743. The fourth-order valence-electron chi connectivity index (χ4n) is 1.77. The zero-order valence-electron chi connectivity index (χ0n) is 11.2. The van der Waals surface area contributed by atoms with Gasteiger partial charge in [0.1, 0.15) is 0 Å². The number of nitrogens with one attached hydrogen (secondary N) is 1. The lowest BCUT2D eigenvalue weighted by Gasteiger charge is -2.24. The molecule has 0 aliphatic heterocycles. The van der Waals surface area contributed by atoms with Gasteiger partial charge in [-0.2, -0.15) is 0 Å². The zero-order valence-corrected chi connectivity index (χ0v) is 12.0. The molecular weight excluding hydrogens is 218 g/mol. The SMILES string of the molecule is CCNC(c1snnc1C(C)(C)C)C(C)C. The Morgan fingerprint density at radius 3 is 2.38 bits per heavy atom. The van der Waals surface area contributed by atoms with Crippen molar-refractivity contribution in [3.05, 3.63) is 10.6 Å². The zero-order chi connectivity index (χ0) is 12.3. The van der Waals surface area contributed by atoms with Gasteiger partial charge in [-0.05, 0) is 24.0 Å². The maximum atomic E-state index is 4.30. The molecule has 1 atom stereocenters. The van der Waals surface area contributed by atoms with Gasteiger partial charge in [-0.15, -0.1) is 5.10 Å². The van der Waals surface area contributed by atoms with E-state index in [2.05, 4.69) is 56.4 Å². The van der Waals surface area contributed by atoms with E-state index in [1.807, 2.05) is 0 Å². The van der Waals surface area contributed by atoms with Gasteiger partial charge in [-0.25, -0.2) is 0 Å². The summed E-state index contributed by atoms with van der Waals surface area (Å²) in [5.41, 5.74) is 1.21. The lowest BCUT2D eigenvalue weighted by Crippen LogP contribution is -2.27. The summed E-state index contributed by atoms with van der Waals surface area (Å²) in [6.07, 6.45) is 0. The summed E-state index contributed by atoms with van der Waals surface area (Å²) >= 11 is 1.53. The van der Waals surface area contributed by atoms with E-state index < -0.39 is 0 Å². The average Bonchev–Trinajstić information content (AvgIpc) is 2.60. The molecule has 0 aromatic carbocycles. The third kappa shape index (κ3) is 3.01. The average molecular weight is 241 g/mol. The Balaban J connectivity index is 3.05. The number of nitrogens with zero attached hydrogens (tertiary/aromatic N) is 2. The Morgan fingerprint density at radius 1 is 1.31 bits per heavy atom. The second kappa shape index (κ2) is 5.23. The molecule has 0 aliphatic rings. The molecule has 1 unspecified atom stereocenters. The van der Waals surface area contributed by atoms with Crippen molar-refractivity contribution < 1.29 is 0 Å². The van der Waals surface area contributed by atoms with Crippen LogP contribution in [0, 0.1) is 5.92 Å². The second-order valence-electron chi connectivity index (χ2n) is 5.52. The fourth-order valence-corrected chi connectivity index (χ4v) is 2.89. The Kier molecular flexibility index (Phi) is 4.44. The molecule has 16 heavy (non-hydrogen) atoms. The standard InChI is InChI=1S/C12H23N3S/c1-7-13-9(8(2)3)10-11(12(4,5)6)14-15-16-10/h8-9,13H,7H2,1-6H3. The van der Waals surface area contributed by atoms with Crippen LogP contribution < -0.4 is 5.32 Å². The van der Waals surface area contributed by atoms with Gasteiger partial charge in [0.2, 0.25) is 0 Å². The first kappa shape index (κ1) is 13.6. The molecule has 0 aliphatic carbocycles. The molecule has 0 fully saturated rings. The van der Waals surface area contributed by atoms with E-state index in [1.54, 1.807) is 0 Å². The maximum Gasteiger partial charge on any atom is 0.0857 e. The van der Waals surface area contributed by atoms with Crippen LogP contribution in [-0.2, 0) is 5.41 Å². The molecular formula is C12H23N3S. The summed E-state index contributed by atoms with van der Waals surface area (Å²) in [4.78, 5) is 1.30. The highest BCUT2D eigenvalue weighted by atomic mass is 32.1. The topological polar surface area (TPSA) is 37.8 Å². The lowest BCUT2D eigenvalue weighted by atomic mass is 9.88. The van der Waals surface area contributed by atoms with E-state index in [4.69, 9.17) is 0 Å². The summed E-state index contributed by atoms with van der Waals surface area (Å²) in [5, 5.41) is 7.83. The monoisotopic (exact) mass is 241 g/mol. The third-order valence-corrected chi connectivity index (χ3v) is 3.40. The Labute approximate surface area is 103 Å². The number of aromatic nitrogens is 2. The quantitative estimate of drug-likeness (QED) is 0.880. The van der Waals surface area contributed by atoms with Gasteiger partial charge in [0.25, 0.3) is 0 Å². The molecule has 0 spiro atoms. The predicted molar refractivity (Wildman–Crippen MR) is 69.9 cm³/mol. The van der Waals surface area contributed by atoms with Crippen molar-refractivity contribution in [1.29, 1.82) is 0 Å². The van der Waals surface area contributed by atoms with Gasteiger partial charge in [-0.1, -0.05) is 46.0 Å². The van der Waals surface area contributed by atoms with Crippen LogP contribution in [0.25, 0.3) is 0 Å². The van der Waals surface area contributed by atoms with Crippen LogP contribution in [0.5, 0.6) is 0 Å². The summed E-state index contributed by atoms with van der Waals surface area (Å²) in [6.45, 7) is 14.2. The minimum Gasteiger partial charge on any atom is -0.309 e. The largest absolute Gasteiger partial charge is 0.309 e. The maximum absolute atomic E-state index is 4.30. The van der Waals surface area contributed by atoms with Crippen molar-refractivity contribution in [2.75, 3.05) is 6.54 Å². The summed E-state index contributed by atoms with van der Waals surface area (Å²) in [7, 11) is 0. The van der Waals surface area contributed by atoms with E-state index >= 15 is 0 Å². The van der Waals surface area contributed by atoms with Gasteiger partial charge < -0.3 is 5.32 Å². The van der Waals surface area contributed by atoms with Crippen LogP contribution in [0.3, 0.4) is 0 Å². The normalized spacial score (nSPS) is 14.4. The van der Waals surface area contributed by atoms with Crippen molar-refractivity contribution >= 4 is 11.5 Å². The first-order valence-electron chi connectivity index (χ1n) is 5.94. The van der Waals surface area contributed by atoms with E-state index in [-0.39, 0.29) is 5.41 Å². The van der Waals surface area contributed by atoms with Gasteiger partial charge >= 0.3 is 0 Å². The van der Waals surface area contributed by atoms with Crippen LogP contribution in [0.2, 0.25) is 0 Å². The number of hydrogen-bond donors (Lipinski definition) is 1. The number of rotatable bonds is 4. The van der Waals surface area contributed by atoms with Crippen LogP contribution in [0.1, 0.15) is 58.2 Å².